The number of hydrogen-bond acceptors (Lipinski definition) is 3. The first-order valence-electron chi connectivity index (χ1n) is 9.99. The Morgan fingerprint density at radius 2 is 1.97 bits per heavy atom. The molecule has 0 unspecified atom stereocenters. The minimum Gasteiger partial charge on any atom is -0.472 e. The van der Waals surface area contributed by atoms with Gasteiger partial charge in [0.15, 0.2) is 0 Å². The van der Waals surface area contributed by atoms with Crippen molar-refractivity contribution in [3.8, 4) is 5.88 Å². The third kappa shape index (κ3) is 5.70. The molecule has 1 saturated carbocycles. The zero-order chi connectivity index (χ0) is 21.7. The van der Waals surface area contributed by atoms with Crippen LogP contribution in [0.5, 0.6) is 5.88 Å². The average Bonchev–Trinajstić information content (AvgIpc) is 2.72. The van der Waals surface area contributed by atoms with Crippen molar-refractivity contribution in [1.82, 2.24) is 10.3 Å². The van der Waals surface area contributed by atoms with Gasteiger partial charge in [0.2, 0.25) is 5.88 Å². The molecule has 1 aliphatic carbocycles. The van der Waals surface area contributed by atoms with Crippen molar-refractivity contribution in [3.05, 3.63) is 59.0 Å². The van der Waals surface area contributed by atoms with Gasteiger partial charge in [0.1, 0.15) is 18.0 Å². The van der Waals surface area contributed by atoms with Crippen molar-refractivity contribution >= 4 is 5.91 Å². The van der Waals surface area contributed by atoms with E-state index in [0.29, 0.717) is 11.5 Å². The predicted molar refractivity (Wildman–Crippen MR) is 103 cm³/mol. The van der Waals surface area contributed by atoms with E-state index in [1.54, 1.807) is 0 Å². The van der Waals surface area contributed by atoms with E-state index >= 15 is 0 Å². The van der Waals surface area contributed by atoms with E-state index in [-0.39, 0.29) is 18.2 Å². The van der Waals surface area contributed by atoms with Gasteiger partial charge in [-0.2, -0.15) is 13.2 Å². The standard InChI is InChI=1S/C22H24F4N2O2/c1-14(16-7-3-2-4-8-16)28-20(29)17-11-19(22(24,25)26)21(27-12-17)30-13-15-6-5-9-18(23)10-15/h5-6,9-12,14,16H,2-4,7-8,13H2,1H3,(H,28,29)/t14-/m1/s1. The molecule has 1 heterocycles. The molecule has 0 saturated heterocycles. The van der Waals surface area contributed by atoms with Gasteiger partial charge in [0, 0.05) is 12.2 Å². The summed E-state index contributed by atoms with van der Waals surface area (Å²) in [4.78, 5) is 16.2. The number of halogens is 4. The Hall–Kier alpha value is -2.64. The van der Waals surface area contributed by atoms with Crippen LogP contribution in [0.3, 0.4) is 0 Å². The lowest BCUT2D eigenvalue weighted by Gasteiger charge is -2.28. The Balaban J connectivity index is 1.74. The summed E-state index contributed by atoms with van der Waals surface area (Å²) >= 11 is 0. The first kappa shape index (κ1) is 22.1. The number of amides is 1. The molecular weight excluding hydrogens is 400 g/mol. The highest BCUT2D eigenvalue weighted by molar-refractivity contribution is 5.94. The number of carbonyl (C=O) groups is 1. The molecule has 1 aliphatic rings. The molecule has 2 aromatic rings. The Labute approximate surface area is 172 Å². The van der Waals surface area contributed by atoms with Gasteiger partial charge in [-0.05, 0) is 49.4 Å². The zero-order valence-electron chi connectivity index (χ0n) is 16.6. The molecule has 1 amide bonds. The number of benzene rings is 1. The number of nitrogens with one attached hydrogen (secondary N) is 1. The molecule has 3 rings (SSSR count). The van der Waals surface area contributed by atoms with E-state index in [1.807, 2.05) is 6.92 Å². The highest BCUT2D eigenvalue weighted by Gasteiger charge is 2.36. The number of hydrogen-bond donors (Lipinski definition) is 1. The van der Waals surface area contributed by atoms with Crippen LogP contribution in [0.2, 0.25) is 0 Å². The lowest BCUT2D eigenvalue weighted by atomic mass is 9.84. The first-order chi connectivity index (χ1) is 14.2. The summed E-state index contributed by atoms with van der Waals surface area (Å²) in [7, 11) is 0. The zero-order valence-corrected chi connectivity index (χ0v) is 16.6. The van der Waals surface area contributed by atoms with Crippen LogP contribution in [0.15, 0.2) is 36.5 Å². The summed E-state index contributed by atoms with van der Waals surface area (Å²) in [5, 5.41) is 2.80. The van der Waals surface area contributed by atoms with E-state index in [2.05, 4.69) is 10.3 Å². The minimum atomic E-state index is -4.75. The van der Waals surface area contributed by atoms with E-state index in [4.69, 9.17) is 4.74 Å². The van der Waals surface area contributed by atoms with Gasteiger partial charge >= 0.3 is 6.18 Å². The van der Waals surface area contributed by atoms with E-state index in [1.165, 1.54) is 30.7 Å². The number of aromatic nitrogens is 1. The molecule has 8 heteroatoms. The Morgan fingerprint density at radius 1 is 1.23 bits per heavy atom. The quantitative estimate of drug-likeness (QED) is 0.622. The summed E-state index contributed by atoms with van der Waals surface area (Å²) in [6.45, 7) is 1.60. The van der Waals surface area contributed by atoms with Crippen molar-refractivity contribution in [2.45, 2.75) is 57.9 Å². The van der Waals surface area contributed by atoms with Crippen LogP contribution in [0.1, 0.15) is 60.5 Å². The number of pyridine rings is 1. The van der Waals surface area contributed by atoms with E-state index < -0.39 is 29.3 Å². The van der Waals surface area contributed by atoms with Gasteiger partial charge in [-0.3, -0.25) is 4.79 Å². The van der Waals surface area contributed by atoms with Crippen molar-refractivity contribution in [2.24, 2.45) is 5.92 Å². The average molecular weight is 424 g/mol. The molecule has 1 atom stereocenters. The van der Waals surface area contributed by atoms with Crippen LogP contribution in [-0.4, -0.2) is 16.9 Å². The maximum atomic E-state index is 13.5. The summed E-state index contributed by atoms with van der Waals surface area (Å²) < 4.78 is 59.0. The fourth-order valence-electron chi connectivity index (χ4n) is 3.72. The molecule has 1 fully saturated rings. The van der Waals surface area contributed by atoms with Gasteiger partial charge in [0.25, 0.3) is 5.91 Å². The number of nitrogens with zero attached hydrogens (tertiary/aromatic N) is 1. The van der Waals surface area contributed by atoms with Gasteiger partial charge in [-0.1, -0.05) is 31.4 Å². The van der Waals surface area contributed by atoms with Crippen LogP contribution in [0, 0.1) is 11.7 Å². The molecule has 0 spiro atoms. The van der Waals surface area contributed by atoms with Crippen LogP contribution in [0.25, 0.3) is 0 Å². The Kier molecular flexibility index (Phi) is 6.95. The summed E-state index contributed by atoms with van der Waals surface area (Å²) in [5.41, 5.74) is -0.951. The van der Waals surface area contributed by atoms with Crippen molar-refractivity contribution in [3.63, 3.8) is 0 Å². The molecule has 1 aromatic carbocycles. The van der Waals surface area contributed by atoms with Crippen LogP contribution < -0.4 is 10.1 Å². The SMILES string of the molecule is C[C@@H](NC(=O)c1cnc(OCc2cccc(F)c2)c(C(F)(F)F)c1)C1CCCCC1. The first-order valence-corrected chi connectivity index (χ1v) is 9.99. The molecule has 1 N–H and O–H groups in total. The smallest absolute Gasteiger partial charge is 0.421 e. The lowest BCUT2D eigenvalue weighted by Crippen LogP contribution is -2.39. The van der Waals surface area contributed by atoms with Gasteiger partial charge in [-0.25, -0.2) is 9.37 Å². The second kappa shape index (κ2) is 9.45. The largest absolute Gasteiger partial charge is 0.472 e. The predicted octanol–water partition coefficient (Wildman–Crippen LogP) is 5.52. The monoisotopic (exact) mass is 424 g/mol. The molecular formula is C22H24F4N2O2. The van der Waals surface area contributed by atoms with Crippen LogP contribution in [-0.2, 0) is 12.8 Å². The van der Waals surface area contributed by atoms with E-state index in [9.17, 15) is 22.4 Å². The highest BCUT2D eigenvalue weighted by atomic mass is 19.4. The second-order valence-corrected chi connectivity index (χ2v) is 7.65. The van der Waals surface area contributed by atoms with Crippen molar-refractivity contribution in [2.75, 3.05) is 0 Å². The van der Waals surface area contributed by atoms with E-state index in [0.717, 1.165) is 37.9 Å². The molecule has 0 radical (unpaired) electrons. The van der Waals surface area contributed by atoms with Crippen LogP contribution >= 0.6 is 0 Å². The van der Waals surface area contributed by atoms with Gasteiger partial charge < -0.3 is 10.1 Å². The number of ether oxygens (including phenoxy) is 1. The van der Waals surface area contributed by atoms with Gasteiger partial charge in [0.05, 0.1) is 5.56 Å². The summed E-state index contributed by atoms with van der Waals surface area (Å²) in [5.74, 6) is -1.43. The summed E-state index contributed by atoms with van der Waals surface area (Å²) in [6, 6.07) is 5.98. The maximum Gasteiger partial charge on any atom is 0.421 e. The molecule has 30 heavy (non-hydrogen) atoms. The highest BCUT2D eigenvalue weighted by Crippen LogP contribution is 2.36. The molecule has 1 aromatic heterocycles. The maximum absolute atomic E-state index is 13.5. The Morgan fingerprint density at radius 3 is 2.63 bits per heavy atom. The molecule has 4 nitrogen and oxygen atoms in total. The number of carbonyl (C=O) groups excluding carboxylic acids is 1. The third-order valence-corrected chi connectivity index (χ3v) is 5.40. The molecule has 162 valence electrons. The van der Waals surface area contributed by atoms with Crippen molar-refractivity contribution < 1.29 is 27.1 Å². The normalized spacial score (nSPS) is 16.2. The number of rotatable bonds is 6. The second-order valence-electron chi connectivity index (χ2n) is 7.65. The fourth-order valence-corrected chi connectivity index (χ4v) is 3.72. The molecule has 0 aliphatic heterocycles. The Bertz CT molecular complexity index is 880. The van der Waals surface area contributed by atoms with Crippen molar-refractivity contribution in [1.29, 1.82) is 0 Å². The fraction of sp³-hybridized carbons (Fsp3) is 0.455. The van der Waals surface area contributed by atoms with Gasteiger partial charge in [-0.15, -0.1) is 0 Å². The third-order valence-electron chi connectivity index (χ3n) is 5.40. The molecule has 0 bridgehead atoms. The summed E-state index contributed by atoms with van der Waals surface area (Å²) in [6.07, 6.45) is 1.69. The topological polar surface area (TPSA) is 51.2 Å². The minimum absolute atomic E-state index is 0.129. The number of alkyl halides is 3. The van der Waals surface area contributed by atoms with Crippen LogP contribution in [0.4, 0.5) is 17.6 Å². The lowest BCUT2D eigenvalue weighted by molar-refractivity contribution is -0.139.